The van der Waals surface area contributed by atoms with E-state index in [9.17, 15) is 4.79 Å². The van der Waals surface area contributed by atoms with Crippen molar-refractivity contribution in [2.75, 3.05) is 33.8 Å². The number of halogens is 2. The summed E-state index contributed by atoms with van der Waals surface area (Å²) in [5, 5.41) is 0. The number of ether oxygens (including phenoxy) is 1. The molecule has 1 heterocycles. The predicted molar refractivity (Wildman–Crippen MR) is 114 cm³/mol. The number of para-hydroxylation sites is 1. The van der Waals surface area contributed by atoms with E-state index in [2.05, 4.69) is 17.0 Å². The molecule has 6 heteroatoms. The number of rotatable bonds is 9. The Labute approximate surface area is 177 Å². The molecule has 1 amide bonds. The molecule has 1 atom stereocenters. The van der Waals surface area contributed by atoms with Gasteiger partial charge in [0.15, 0.2) is 0 Å². The van der Waals surface area contributed by atoms with E-state index in [-0.39, 0.29) is 5.91 Å². The molecule has 0 radical (unpaired) electrons. The Morgan fingerprint density at radius 2 is 1.75 bits per heavy atom. The lowest BCUT2D eigenvalue weighted by Crippen LogP contribution is -2.62. The Morgan fingerprint density at radius 3 is 2.46 bits per heavy atom. The monoisotopic (exact) mass is 420 g/mol. The first-order chi connectivity index (χ1) is 13.4. The summed E-state index contributed by atoms with van der Waals surface area (Å²) >= 11 is 12.8. The summed E-state index contributed by atoms with van der Waals surface area (Å²) < 4.78 is 4.54. The van der Waals surface area contributed by atoms with Crippen LogP contribution in [0.3, 0.4) is 0 Å². The quantitative estimate of drug-likeness (QED) is 0.344. The highest BCUT2D eigenvalue weighted by Crippen LogP contribution is 2.52. The molecular formula is C22H26Cl2N2O2. The predicted octanol–water partition coefficient (Wildman–Crippen LogP) is 4.32. The van der Waals surface area contributed by atoms with Crippen LogP contribution < -0.4 is 4.74 Å². The highest BCUT2D eigenvalue weighted by molar-refractivity contribution is 6.60. The topological polar surface area (TPSA) is 32.8 Å². The molecule has 28 heavy (non-hydrogen) atoms. The molecule has 1 unspecified atom stereocenters. The number of β-lactam (4-membered cyclic amide) rings is 1. The minimum Gasteiger partial charge on any atom is -0.493 e. The molecule has 1 aliphatic rings. The maximum absolute atomic E-state index is 12.6. The highest BCUT2D eigenvalue weighted by Gasteiger charge is 2.60. The van der Waals surface area contributed by atoms with Crippen LogP contribution in [-0.2, 0) is 11.2 Å². The molecule has 0 spiro atoms. The maximum atomic E-state index is 12.6. The number of likely N-dealkylation sites (tertiary alicyclic amines) is 1. The van der Waals surface area contributed by atoms with Crippen molar-refractivity contribution >= 4 is 29.1 Å². The van der Waals surface area contributed by atoms with Gasteiger partial charge in [-0.05, 0) is 38.6 Å². The zero-order chi connectivity index (χ0) is 20.1. The average Bonchev–Trinajstić information content (AvgIpc) is 2.69. The van der Waals surface area contributed by atoms with Crippen LogP contribution in [0.1, 0.15) is 23.6 Å². The average molecular weight is 421 g/mol. The second kappa shape index (κ2) is 9.17. The fraction of sp³-hybridized carbons (Fsp3) is 0.409. The van der Waals surface area contributed by atoms with Crippen molar-refractivity contribution in [2.45, 2.75) is 23.2 Å². The molecule has 3 rings (SSSR count). The van der Waals surface area contributed by atoms with Crippen LogP contribution in [0, 0.1) is 0 Å². The number of hydrogen-bond donors (Lipinski definition) is 0. The van der Waals surface area contributed by atoms with Crippen molar-refractivity contribution in [3.63, 3.8) is 0 Å². The van der Waals surface area contributed by atoms with Crippen LogP contribution in [-0.4, -0.2) is 53.8 Å². The summed E-state index contributed by atoms with van der Waals surface area (Å²) in [6, 6.07) is 17.3. The van der Waals surface area contributed by atoms with Crippen molar-refractivity contribution in [3.8, 4) is 5.75 Å². The third-order valence-electron chi connectivity index (χ3n) is 4.91. The number of hydrogen-bond acceptors (Lipinski definition) is 3. The Hall–Kier alpha value is -1.75. The fourth-order valence-electron chi connectivity index (χ4n) is 3.44. The molecule has 1 aliphatic heterocycles. The molecule has 4 nitrogen and oxygen atoms in total. The molecule has 0 saturated carbocycles. The van der Waals surface area contributed by atoms with Gasteiger partial charge >= 0.3 is 0 Å². The number of benzene rings is 2. The van der Waals surface area contributed by atoms with Crippen molar-refractivity contribution in [1.29, 1.82) is 0 Å². The summed E-state index contributed by atoms with van der Waals surface area (Å²) in [6.45, 7) is 2.10. The molecule has 1 fully saturated rings. The summed E-state index contributed by atoms with van der Waals surface area (Å²) in [7, 11) is 4.07. The van der Waals surface area contributed by atoms with Crippen LogP contribution >= 0.6 is 23.2 Å². The number of carbonyl (C=O) groups excluding carboxylic acids is 1. The number of nitrogens with zero attached hydrogens (tertiary/aromatic N) is 2. The minimum atomic E-state index is -1.46. The number of alkyl halides is 2. The third kappa shape index (κ3) is 4.62. The molecule has 150 valence electrons. The van der Waals surface area contributed by atoms with E-state index in [1.54, 1.807) is 4.90 Å². The van der Waals surface area contributed by atoms with E-state index in [0.717, 1.165) is 30.7 Å². The van der Waals surface area contributed by atoms with Crippen molar-refractivity contribution in [3.05, 3.63) is 65.7 Å². The van der Waals surface area contributed by atoms with Crippen LogP contribution in [0.25, 0.3) is 0 Å². The van der Waals surface area contributed by atoms with Crippen LogP contribution in [0.5, 0.6) is 5.75 Å². The minimum absolute atomic E-state index is 0.251. The molecule has 2 aromatic rings. The number of carbonyl (C=O) groups is 1. The molecule has 0 aromatic heterocycles. The lowest BCUT2D eigenvalue weighted by molar-refractivity contribution is -0.148. The normalized spacial score (nSPS) is 18.2. The standard InChI is InChI=1S/C22H26Cl2N2O2/c1-25(2)14-8-16-28-19-12-7-6-11-18(19)20-22(23,24)21(27)26(20)15-13-17-9-4-3-5-10-17/h3-7,9-12,20H,8,13-16H2,1-2H3. The van der Waals surface area contributed by atoms with Crippen molar-refractivity contribution in [1.82, 2.24) is 9.80 Å². The van der Waals surface area contributed by atoms with Crippen LogP contribution in [0.4, 0.5) is 0 Å². The Bertz CT molecular complexity index is 796. The number of amides is 1. The van der Waals surface area contributed by atoms with E-state index in [1.807, 2.05) is 56.6 Å². The molecular weight excluding hydrogens is 395 g/mol. The van der Waals surface area contributed by atoms with E-state index in [1.165, 1.54) is 5.56 Å². The lowest BCUT2D eigenvalue weighted by Gasteiger charge is -2.49. The summed E-state index contributed by atoms with van der Waals surface area (Å²) in [5.74, 6) is 0.480. The van der Waals surface area contributed by atoms with E-state index < -0.39 is 10.4 Å². The van der Waals surface area contributed by atoms with Gasteiger partial charge in [-0.25, -0.2) is 0 Å². The SMILES string of the molecule is CN(C)CCCOc1ccccc1C1N(CCc2ccccc2)C(=O)C1(Cl)Cl. The zero-order valence-corrected chi connectivity index (χ0v) is 17.8. The van der Waals surface area contributed by atoms with E-state index >= 15 is 0 Å². The van der Waals surface area contributed by atoms with E-state index in [0.29, 0.717) is 13.2 Å². The first-order valence-corrected chi connectivity index (χ1v) is 10.3. The first kappa shape index (κ1) is 21.0. The molecule has 2 aromatic carbocycles. The second-order valence-corrected chi connectivity index (χ2v) is 8.69. The van der Waals surface area contributed by atoms with E-state index in [4.69, 9.17) is 27.9 Å². The summed E-state index contributed by atoms with van der Waals surface area (Å²) in [6.07, 6.45) is 1.66. The van der Waals surface area contributed by atoms with Gasteiger partial charge < -0.3 is 14.5 Å². The molecule has 0 aliphatic carbocycles. The zero-order valence-electron chi connectivity index (χ0n) is 16.3. The Morgan fingerprint density at radius 1 is 1.07 bits per heavy atom. The smallest absolute Gasteiger partial charge is 0.262 e. The van der Waals surface area contributed by atoms with Gasteiger partial charge in [-0.2, -0.15) is 0 Å². The van der Waals surface area contributed by atoms with Crippen molar-refractivity contribution in [2.24, 2.45) is 0 Å². The van der Waals surface area contributed by atoms with Crippen molar-refractivity contribution < 1.29 is 9.53 Å². The molecule has 0 bridgehead atoms. The van der Waals surface area contributed by atoms with Crippen LogP contribution in [0.15, 0.2) is 54.6 Å². The maximum Gasteiger partial charge on any atom is 0.262 e. The van der Waals surface area contributed by atoms with Gasteiger partial charge in [0.25, 0.3) is 5.91 Å². The van der Waals surface area contributed by atoms with Gasteiger partial charge in [0.2, 0.25) is 4.33 Å². The third-order valence-corrected chi connectivity index (χ3v) is 5.64. The summed E-state index contributed by atoms with van der Waals surface area (Å²) in [4.78, 5) is 16.4. The largest absolute Gasteiger partial charge is 0.493 e. The second-order valence-electron chi connectivity index (χ2n) is 7.30. The molecule has 0 N–H and O–H groups in total. The van der Waals surface area contributed by atoms with Gasteiger partial charge in [-0.1, -0.05) is 71.7 Å². The highest BCUT2D eigenvalue weighted by atomic mass is 35.5. The van der Waals surface area contributed by atoms with Gasteiger partial charge in [-0.15, -0.1) is 0 Å². The lowest BCUT2D eigenvalue weighted by atomic mass is 9.91. The van der Waals surface area contributed by atoms with Gasteiger partial charge in [-0.3, -0.25) is 4.79 Å². The summed E-state index contributed by atoms with van der Waals surface area (Å²) in [5.41, 5.74) is 2.02. The molecule has 1 saturated heterocycles. The van der Waals surface area contributed by atoms with Gasteiger partial charge in [0.05, 0.1) is 6.61 Å². The first-order valence-electron chi connectivity index (χ1n) is 9.50. The Balaban J connectivity index is 1.73. The van der Waals surface area contributed by atoms with Crippen LogP contribution in [0.2, 0.25) is 0 Å². The fourth-order valence-corrected chi connectivity index (χ4v) is 4.13. The van der Waals surface area contributed by atoms with Gasteiger partial charge in [0.1, 0.15) is 11.8 Å². The Kier molecular flexibility index (Phi) is 6.86. The van der Waals surface area contributed by atoms with Gasteiger partial charge in [0, 0.05) is 18.7 Å².